The summed E-state index contributed by atoms with van der Waals surface area (Å²) in [4.78, 5) is 147. The first-order valence-corrected chi connectivity index (χ1v) is 31.0. The summed E-state index contributed by atoms with van der Waals surface area (Å²) < 4.78 is 0. The lowest BCUT2D eigenvalue weighted by molar-refractivity contribution is -0.144. The maximum absolute atomic E-state index is 10.4. The predicted octanol–water partition coefficient (Wildman–Crippen LogP) is -6.64. The van der Waals surface area contributed by atoms with E-state index in [1.54, 1.807) is 32.2 Å². The van der Waals surface area contributed by atoms with Gasteiger partial charge in [0, 0.05) is 19.0 Å². The lowest BCUT2D eigenvalue weighted by atomic mass is 10.1. The fourth-order valence-electron chi connectivity index (χ4n) is 5.45. The number of nitrogens with one attached hydrogen (secondary N) is 1. The lowest BCUT2D eigenvalue weighted by Crippen LogP contribution is -2.39. The fraction of sp³-hybridized carbons (Fsp3) is 0.525. The Morgan fingerprint density at radius 1 is 0.425 bits per heavy atom. The van der Waals surface area contributed by atoms with Crippen LogP contribution in [0.25, 0.3) is 0 Å². The molecule has 106 heavy (non-hydrogen) atoms. The van der Waals surface area contributed by atoms with E-state index in [-0.39, 0.29) is 43.8 Å². The van der Waals surface area contributed by atoms with Crippen molar-refractivity contribution in [1.29, 1.82) is 0 Å². The van der Waals surface area contributed by atoms with Crippen LogP contribution in [0.15, 0.2) is 67.1 Å². The predicted molar refractivity (Wildman–Crippen MR) is 376 cm³/mol. The highest BCUT2D eigenvalue weighted by Crippen LogP contribution is 2.11. The second-order valence-corrected chi connectivity index (χ2v) is 22.4. The largest absolute Gasteiger partial charge is 0.508 e. The molecule has 608 valence electrons. The first kappa shape index (κ1) is 111. The Bertz CT molecular complexity index is 2920. The van der Waals surface area contributed by atoms with Gasteiger partial charge in [-0.25, -0.2) is 4.98 Å². The SMILES string of the molecule is CC(C)C[C@H](N)C(=O)O.CC(C)[C@H](N)C(=O)O.C[C@@H](O)[C@H](N)C(=O)O.NC(=O)CC[C@H](N)C(=O)O.NC(=O)C[C@H](N)C(=O)O.NCCCC[C@H](N)C(=O)O.N[C@@H](CC(=O)O)C(=O)O.N[C@@H](CO)C(=O)O.N[C@@H](Cc1c[nH]cn1)C(=O)O.N[C@@H](Cc1ccc(O)cc1)C(=O)O.N[C@@H](Cc1ccccc1)C(=O)O. The normalized spacial score (nSPS) is 13.2. The number of amides is 2. The van der Waals surface area contributed by atoms with Gasteiger partial charge in [0.1, 0.15) is 72.2 Å². The summed E-state index contributed by atoms with van der Waals surface area (Å²) in [6.45, 7) is 8.88. The number of hydrogen-bond donors (Lipinski definition) is 30. The number of phenolic OH excluding ortho intramolecular Hbond substituents is 1. The third-order valence-corrected chi connectivity index (χ3v) is 11.7. The van der Waals surface area contributed by atoms with E-state index in [0.29, 0.717) is 37.4 Å². The number of nitrogens with zero attached hydrogens (tertiary/aromatic N) is 1. The molecule has 0 unspecified atom stereocenters. The number of aliphatic hydroxyl groups excluding tert-OH is 2. The van der Waals surface area contributed by atoms with Crippen LogP contribution in [0, 0.1) is 11.8 Å². The summed E-state index contributed by atoms with van der Waals surface area (Å²) in [7, 11) is 0. The van der Waals surface area contributed by atoms with Gasteiger partial charge < -0.3 is 162 Å². The van der Waals surface area contributed by atoms with Crippen molar-refractivity contribution in [2.24, 2.45) is 92.1 Å². The number of phenols is 1. The quantitative estimate of drug-likeness (QED) is 0.0252. The van der Waals surface area contributed by atoms with Crippen LogP contribution in [0.3, 0.4) is 0 Å². The molecule has 1 heterocycles. The zero-order chi connectivity index (χ0) is 84.9. The molecule has 0 aliphatic rings. The highest BCUT2D eigenvalue weighted by Gasteiger charge is 2.19. The first-order chi connectivity index (χ1) is 48.6. The number of aromatic amines is 1. The van der Waals surface area contributed by atoms with E-state index in [1.807, 2.05) is 44.2 Å². The van der Waals surface area contributed by atoms with Gasteiger partial charge >= 0.3 is 71.6 Å². The molecule has 44 N–H and O–H groups in total. The number of primary amides is 2. The molecule has 0 radical (unpaired) electrons. The smallest absolute Gasteiger partial charge is 0.323 e. The summed E-state index contributed by atoms with van der Waals surface area (Å²) in [5.74, 6) is -13.6. The summed E-state index contributed by atoms with van der Waals surface area (Å²) >= 11 is 0. The van der Waals surface area contributed by atoms with E-state index in [1.165, 1.54) is 25.4 Å². The minimum atomic E-state index is -1.29. The summed E-state index contributed by atoms with van der Waals surface area (Å²) in [5, 5.41) is 124. The Balaban J connectivity index is -0.000000167. The van der Waals surface area contributed by atoms with Crippen LogP contribution in [-0.2, 0) is 86.4 Å². The van der Waals surface area contributed by atoms with E-state index in [2.05, 4.69) is 15.7 Å². The molecular weight excluding hydrogens is 1420 g/mol. The van der Waals surface area contributed by atoms with Gasteiger partial charge in [0.2, 0.25) is 11.8 Å². The van der Waals surface area contributed by atoms with Gasteiger partial charge in [0.05, 0.1) is 37.6 Å². The molecule has 0 bridgehead atoms. The zero-order valence-electron chi connectivity index (χ0n) is 59.1. The number of rotatable bonds is 33. The van der Waals surface area contributed by atoms with Crippen LogP contribution in [-0.4, -0.2) is 256 Å². The Kier molecular flexibility index (Phi) is 69.8. The van der Waals surface area contributed by atoms with Crippen LogP contribution >= 0.6 is 0 Å². The van der Waals surface area contributed by atoms with Gasteiger partial charge in [-0.05, 0) is 87.1 Å². The van der Waals surface area contributed by atoms with Crippen LogP contribution in [0.4, 0.5) is 0 Å². The molecular formula is C61H110N16O29. The van der Waals surface area contributed by atoms with Crippen molar-refractivity contribution in [3.05, 3.63) is 83.9 Å². The number of carbonyl (C=O) groups is 14. The molecule has 3 aromatic rings. The number of aromatic hydroxyl groups is 1. The van der Waals surface area contributed by atoms with E-state index in [4.69, 9.17) is 151 Å². The van der Waals surface area contributed by atoms with Gasteiger partial charge in [0.25, 0.3) is 0 Å². The molecule has 12 atom stereocenters. The number of unbranched alkanes of at least 4 members (excludes halogenated alkanes) is 1. The first-order valence-electron chi connectivity index (χ1n) is 31.0. The number of nitrogens with two attached hydrogens (primary N) is 14. The number of carbonyl (C=O) groups excluding carboxylic acids is 2. The minimum Gasteiger partial charge on any atom is -0.508 e. The third-order valence-electron chi connectivity index (χ3n) is 11.7. The number of imidazole rings is 1. The fourth-order valence-corrected chi connectivity index (χ4v) is 5.45. The number of aromatic nitrogens is 2. The van der Waals surface area contributed by atoms with Gasteiger partial charge in [-0.15, -0.1) is 0 Å². The second kappa shape index (κ2) is 66.4. The molecule has 0 aliphatic carbocycles. The number of carboxylic acids is 12. The van der Waals surface area contributed by atoms with Gasteiger partial charge in [-0.3, -0.25) is 67.1 Å². The van der Waals surface area contributed by atoms with Crippen LogP contribution < -0.4 is 80.3 Å². The molecule has 2 aromatic carbocycles. The minimum absolute atomic E-state index is 0.0208. The molecule has 0 spiro atoms. The van der Waals surface area contributed by atoms with Crippen LogP contribution in [0.1, 0.15) is 103 Å². The summed E-state index contributed by atoms with van der Waals surface area (Å²) in [5.41, 5.74) is 73.0. The Labute approximate surface area is 608 Å². The second-order valence-electron chi connectivity index (χ2n) is 22.4. The van der Waals surface area contributed by atoms with Crippen molar-refractivity contribution in [2.75, 3.05) is 13.2 Å². The molecule has 0 fully saturated rings. The Hall–Kier alpha value is -10.5. The van der Waals surface area contributed by atoms with Gasteiger partial charge in [0.15, 0.2) is 0 Å². The van der Waals surface area contributed by atoms with Gasteiger partial charge in [-0.1, -0.05) is 76.6 Å². The molecule has 2 amide bonds. The van der Waals surface area contributed by atoms with Crippen molar-refractivity contribution < 1.29 is 144 Å². The van der Waals surface area contributed by atoms with E-state index >= 15 is 0 Å². The highest BCUT2D eigenvalue weighted by atomic mass is 16.4. The number of carboxylic acid groups (broad SMARTS) is 12. The average Bonchev–Trinajstić information content (AvgIpc) is 1.01. The molecule has 1 aromatic heterocycles. The van der Waals surface area contributed by atoms with Gasteiger partial charge in [-0.2, -0.15) is 0 Å². The summed E-state index contributed by atoms with van der Waals surface area (Å²) in [6, 6.07) is 5.27. The number of aliphatic carboxylic acids is 12. The third kappa shape index (κ3) is 76.1. The maximum atomic E-state index is 10.4. The van der Waals surface area contributed by atoms with Crippen LogP contribution in [0.2, 0.25) is 0 Å². The molecule has 45 nitrogen and oxygen atoms in total. The Morgan fingerprint density at radius 2 is 0.792 bits per heavy atom. The van der Waals surface area contributed by atoms with E-state index in [9.17, 15) is 67.1 Å². The lowest BCUT2D eigenvalue weighted by Gasteiger charge is -2.07. The van der Waals surface area contributed by atoms with Crippen molar-refractivity contribution in [1.82, 2.24) is 9.97 Å². The topological polar surface area (TPSA) is 935 Å². The number of aliphatic hydroxyl groups is 2. The van der Waals surface area contributed by atoms with E-state index in [0.717, 1.165) is 24.0 Å². The molecule has 0 aliphatic heterocycles. The standard InChI is InChI=1S/C9H11NO3.C9H11NO2.C6H9N3O2.C6H14N2O2.C6H13NO2.C5H10N2O3.C5H11NO2.C4H8N2O3.C4H7NO4.C4H9NO3.C3H7NO3/c10-8(9(12)13)5-6-1-3-7(11)4-2-6;10-8(9(11)12)6-7-4-2-1-3-5-7;7-5(6(10)11)1-4-2-8-3-9-4;7-4-2-1-3-5(8)6(9)10;1-4(2)3-5(7)6(8)9;6-3(5(9)10)1-2-4(7)8;1-3(2)4(6)5(7)8;2*5-2(4(8)9)1-3(6)7;1-2(6)3(5)4(7)8;4-2(1-5)3(6)7/h1-4,8,11H,5,10H2,(H,12,13);1-5,8H,6,10H2,(H,11,12);2-3,5H,1,7H2,(H,8,9)(H,10,11);5H,1-4,7-8H2,(H,9,10);4-5H,3,7H2,1-2H3,(H,8,9);3H,1-2,6H2,(H2,7,8)(H,9,10);3-4H,6H2,1-2H3,(H,7,8);2H,1,5H2,(H2,6,7)(H,8,9);2H,1,5H2,(H,6,7)(H,8,9);2-3,6H,5H2,1H3,(H,7,8);2,5H,1,4H2,(H,6,7)/t2*8-;3*5-;3-;4-;2*2-;2-,3+;2-/m00000000010/s1. The molecule has 0 saturated heterocycles. The van der Waals surface area contributed by atoms with Crippen molar-refractivity contribution in [2.45, 2.75) is 178 Å². The number of benzene rings is 2. The zero-order valence-corrected chi connectivity index (χ0v) is 59.1. The molecule has 3 rings (SSSR count). The van der Waals surface area contributed by atoms with Crippen molar-refractivity contribution >= 4 is 83.4 Å². The average molecular weight is 1530 g/mol. The number of hydrogen-bond acceptors (Lipinski definition) is 30. The molecule has 0 saturated carbocycles. The monoisotopic (exact) mass is 1530 g/mol. The maximum Gasteiger partial charge on any atom is 0.323 e. The highest BCUT2D eigenvalue weighted by molar-refractivity contribution is 5.83. The van der Waals surface area contributed by atoms with Crippen molar-refractivity contribution in [3.8, 4) is 5.75 Å². The van der Waals surface area contributed by atoms with Crippen LogP contribution in [0.5, 0.6) is 5.75 Å². The van der Waals surface area contributed by atoms with Crippen molar-refractivity contribution in [3.63, 3.8) is 0 Å². The number of H-pyrrole nitrogens is 1. The summed E-state index contributed by atoms with van der Waals surface area (Å²) in [6.07, 6.45) is 5.06. The molecule has 45 heteroatoms. The Morgan fingerprint density at radius 3 is 1.03 bits per heavy atom. The van der Waals surface area contributed by atoms with E-state index < -0.39 is 169 Å².